The second-order valence-corrected chi connectivity index (χ2v) is 7.26. The molecule has 0 spiro atoms. The molecule has 0 aliphatic heterocycles. The van der Waals surface area contributed by atoms with Crippen molar-refractivity contribution in [1.82, 2.24) is 5.32 Å². The standard InChI is InChI=1S/C18H22ClNS/c1-13(2)11-20-12-15-7-8-18(9-14(15)3)21-17-6-4-5-16(19)10-17/h4-10,13,20H,11-12H2,1-3H3. The van der Waals surface area contributed by atoms with E-state index < -0.39 is 0 Å². The largest absolute Gasteiger partial charge is 0.312 e. The van der Waals surface area contributed by atoms with E-state index in [9.17, 15) is 0 Å². The van der Waals surface area contributed by atoms with Crippen LogP contribution < -0.4 is 5.32 Å². The van der Waals surface area contributed by atoms with Crippen LogP contribution in [0.2, 0.25) is 5.02 Å². The number of hydrogen-bond acceptors (Lipinski definition) is 2. The van der Waals surface area contributed by atoms with E-state index >= 15 is 0 Å². The first-order valence-electron chi connectivity index (χ1n) is 7.28. The first kappa shape index (κ1) is 16.4. The fourth-order valence-electron chi connectivity index (χ4n) is 2.09. The predicted octanol–water partition coefficient (Wildman–Crippen LogP) is 5.55. The molecule has 0 heterocycles. The van der Waals surface area contributed by atoms with Crippen molar-refractivity contribution < 1.29 is 0 Å². The van der Waals surface area contributed by atoms with Gasteiger partial charge in [-0.1, -0.05) is 49.3 Å². The van der Waals surface area contributed by atoms with Crippen molar-refractivity contribution in [3.05, 3.63) is 58.6 Å². The second-order valence-electron chi connectivity index (χ2n) is 5.67. The van der Waals surface area contributed by atoms with Crippen LogP contribution in [0, 0.1) is 12.8 Å². The monoisotopic (exact) mass is 319 g/mol. The average molecular weight is 320 g/mol. The molecule has 1 nitrogen and oxygen atoms in total. The maximum atomic E-state index is 6.03. The third-order valence-electron chi connectivity index (χ3n) is 3.21. The summed E-state index contributed by atoms with van der Waals surface area (Å²) in [5.74, 6) is 0.683. The Bertz CT molecular complexity index is 596. The quantitative estimate of drug-likeness (QED) is 0.749. The Balaban J connectivity index is 2.01. The van der Waals surface area contributed by atoms with Gasteiger partial charge in [0.15, 0.2) is 0 Å². The van der Waals surface area contributed by atoms with Gasteiger partial charge in [0.2, 0.25) is 0 Å². The van der Waals surface area contributed by atoms with Crippen molar-refractivity contribution in [2.45, 2.75) is 37.1 Å². The van der Waals surface area contributed by atoms with E-state index in [0.717, 1.165) is 18.1 Å². The lowest BCUT2D eigenvalue weighted by Crippen LogP contribution is -2.19. The molecular formula is C18H22ClNS. The molecule has 0 aliphatic carbocycles. The highest BCUT2D eigenvalue weighted by molar-refractivity contribution is 7.99. The van der Waals surface area contributed by atoms with Crippen molar-refractivity contribution in [3.63, 3.8) is 0 Å². The Kier molecular flexibility index (Phi) is 6.16. The van der Waals surface area contributed by atoms with Crippen molar-refractivity contribution >= 4 is 23.4 Å². The molecule has 0 atom stereocenters. The number of aryl methyl sites for hydroxylation is 1. The third kappa shape index (κ3) is 5.39. The summed E-state index contributed by atoms with van der Waals surface area (Å²) in [6.07, 6.45) is 0. The first-order chi connectivity index (χ1) is 10.0. The van der Waals surface area contributed by atoms with Crippen molar-refractivity contribution in [3.8, 4) is 0 Å². The Hall–Kier alpha value is -0.960. The van der Waals surface area contributed by atoms with Gasteiger partial charge in [0, 0.05) is 21.4 Å². The normalized spacial score (nSPS) is 11.1. The van der Waals surface area contributed by atoms with Gasteiger partial charge in [0.25, 0.3) is 0 Å². The van der Waals surface area contributed by atoms with Crippen molar-refractivity contribution in [1.29, 1.82) is 0 Å². The second kappa shape index (κ2) is 7.88. The van der Waals surface area contributed by atoms with Crippen LogP contribution in [0.5, 0.6) is 0 Å². The molecule has 0 bridgehead atoms. The molecule has 0 aliphatic rings. The summed E-state index contributed by atoms with van der Waals surface area (Å²) in [5.41, 5.74) is 2.70. The van der Waals surface area contributed by atoms with Crippen LogP contribution in [0.3, 0.4) is 0 Å². The fourth-order valence-corrected chi connectivity index (χ4v) is 3.32. The van der Waals surface area contributed by atoms with Gasteiger partial charge in [-0.15, -0.1) is 0 Å². The highest BCUT2D eigenvalue weighted by atomic mass is 35.5. The maximum absolute atomic E-state index is 6.03. The fraction of sp³-hybridized carbons (Fsp3) is 0.333. The van der Waals surface area contributed by atoms with Gasteiger partial charge in [-0.05, 0) is 60.8 Å². The molecule has 0 radical (unpaired) electrons. The van der Waals surface area contributed by atoms with Crippen LogP contribution in [0.25, 0.3) is 0 Å². The lowest BCUT2D eigenvalue weighted by Gasteiger charge is -2.11. The highest BCUT2D eigenvalue weighted by Crippen LogP contribution is 2.30. The Morgan fingerprint density at radius 3 is 2.52 bits per heavy atom. The summed E-state index contributed by atoms with van der Waals surface area (Å²) < 4.78 is 0. The molecular weight excluding hydrogens is 298 g/mol. The van der Waals surface area contributed by atoms with E-state index in [1.54, 1.807) is 11.8 Å². The van der Waals surface area contributed by atoms with Crippen LogP contribution in [-0.4, -0.2) is 6.54 Å². The SMILES string of the molecule is Cc1cc(Sc2cccc(Cl)c2)ccc1CNCC(C)C. The van der Waals surface area contributed by atoms with Crippen molar-refractivity contribution in [2.75, 3.05) is 6.54 Å². The zero-order valence-electron chi connectivity index (χ0n) is 12.8. The van der Waals surface area contributed by atoms with Gasteiger partial charge < -0.3 is 5.32 Å². The summed E-state index contributed by atoms with van der Waals surface area (Å²) in [7, 11) is 0. The lowest BCUT2D eigenvalue weighted by atomic mass is 10.1. The molecule has 2 aromatic rings. The molecule has 0 amide bonds. The first-order valence-corrected chi connectivity index (χ1v) is 8.47. The summed E-state index contributed by atoms with van der Waals surface area (Å²) >= 11 is 7.78. The molecule has 3 heteroatoms. The molecule has 0 saturated heterocycles. The highest BCUT2D eigenvalue weighted by Gasteiger charge is 2.03. The van der Waals surface area contributed by atoms with Gasteiger partial charge in [0.1, 0.15) is 0 Å². The molecule has 21 heavy (non-hydrogen) atoms. The average Bonchev–Trinajstić information content (AvgIpc) is 2.41. The molecule has 0 saturated carbocycles. The van der Waals surface area contributed by atoms with Gasteiger partial charge in [0.05, 0.1) is 0 Å². The molecule has 2 aromatic carbocycles. The van der Waals surface area contributed by atoms with Crippen LogP contribution in [0.4, 0.5) is 0 Å². The number of nitrogens with one attached hydrogen (secondary N) is 1. The minimum absolute atomic E-state index is 0.683. The number of benzene rings is 2. The summed E-state index contributed by atoms with van der Waals surface area (Å²) in [5, 5.41) is 4.28. The molecule has 0 unspecified atom stereocenters. The summed E-state index contributed by atoms with van der Waals surface area (Å²) in [4.78, 5) is 2.43. The van der Waals surface area contributed by atoms with E-state index in [0.29, 0.717) is 5.92 Å². The van der Waals surface area contributed by atoms with E-state index in [4.69, 9.17) is 11.6 Å². The van der Waals surface area contributed by atoms with Crippen LogP contribution in [0.15, 0.2) is 52.3 Å². The zero-order valence-corrected chi connectivity index (χ0v) is 14.4. The molecule has 1 N–H and O–H groups in total. The van der Waals surface area contributed by atoms with E-state index in [2.05, 4.69) is 50.4 Å². The Labute approximate surface area is 137 Å². The molecule has 0 aromatic heterocycles. The number of halogens is 1. The summed E-state index contributed by atoms with van der Waals surface area (Å²) in [6.45, 7) is 8.62. The summed E-state index contributed by atoms with van der Waals surface area (Å²) in [6, 6.07) is 14.6. The van der Waals surface area contributed by atoms with Crippen LogP contribution in [0.1, 0.15) is 25.0 Å². The third-order valence-corrected chi connectivity index (χ3v) is 4.43. The van der Waals surface area contributed by atoms with E-state index in [1.165, 1.54) is 20.9 Å². The number of rotatable bonds is 6. The molecule has 0 fully saturated rings. The lowest BCUT2D eigenvalue weighted by molar-refractivity contribution is 0.551. The van der Waals surface area contributed by atoms with Gasteiger partial charge in [-0.25, -0.2) is 0 Å². The van der Waals surface area contributed by atoms with E-state index in [1.807, 2.05) is 18.2 Å². The Morgan fingerprint density at radius 1 is 1.10 bits per heavy atom. The topological polar surface area (TPSA) is 12.0 Å². The van der Waals surface area contributed by atoms with E-state index in [-0.39, 0.29) is 0 Å². The maximum Gasteiger partial charge on any atom is 0.0417 e. The van der Waals surface area contributed by atoms with Gasteiger partial charge in [-0.3, -0.25) is 0 Å². The minimum atomic E-state index is 0.683. The smallest absolute Gasteiger partial charge is 0.0417 e. The Morgan fingerprint density at radius 2 is 1.86 bits per heavy atom. The number of hydrogen-bond donors (Lipinski definition) is 1. The zero-order chi connectivity index (χ0) is 15.2. The molecule has 112 valence electrons. The van der Waals surface area contributed by atoms with Crippen LogP contribution >= 0.6 is 23.4 Å². The molecule has 2 rings (SSSR count). The van der Waals surface area contributed by atoms with Gasteiger partial charge in [-0.2, -0.15) is 0 Å². The van der Waals surface area contributed by atoms with Gasteiger partial charge >= 0.3 is 0 Å². The minimum Gasteiger partial charge on any atom is -0.312 e. The predicted molar refractivity (Wildman–Crippen MR) is 93.3 cm³/mol. The van der Waals surface area contributed by atoms with Crippen molar-refractivity contribution in [2.24, 2.45) is 5.92 Å². The van der Waals surface area contributed by atoms with Crippen LogP contribution in [-0.2, 0) is 6.54 Å².